The number of benzene rings is 1. The van der Waals surface area contributed by atoms with Gasteiger partial charge in [0.25, 0.3) is 5.91 Å². The summed E-state index contributed by atoms with van der Waals surface area (Å²) >= 11 is 0. The molecule has 6 heteroatoms. The molecule has 0 atom stereocenters. The summed E-state index contributed by atoms with van der Waals surface area (Å²) in [6.45, 7) is 4.64. The van der Waals surface area contributed by atoms with E-state index in [1.165, 1.54) is 0 Å². The van der Waals surface area contributed by atoms with Crippen LogP contribution in [0.5, 0.6) is 5.75 Å². The molecule has 2 aromatic rings. The maximum atomic E-state index is 12.4. The number of nitrogens with zero attached hydrogens (tertiary/aromatic N) is 2. The van der Waals surface area contributed by atoms with E-state index < -0.39 is 0 Å². The minimum atomic E-state index is -0.134. The highest BCUT2D eigenvalue weighted by molar-refractivity contribution is 5.92. The zero-order chi connectivity index (χ0) is 17.1. The fourth-order valence-corrected chi connectivity index (χ4v) is 2.88. The number of methoxy groups -OCH3 is 1. The van der Waals surface area contributed by atoms with Crippen LogP contribution >= 0.6 is 0 Å². The van der Waals surface area contributed by atoms with Crippen LogP contribution in [0.25, 0.3) is 5.69 Å². The molecule has 0 saturated heterocycles. The van der Waals surface area contributed by atoms with Crippen molar-refractivity contribution in [3.8, 4) is 11.4 Å². The fourth-order valence-electron chi connectivity index (χ4n) is 2.88. The number of amides is 1. The number of carbonyl (C=O) groups excluding carboxylic acids is 1. The van der Waals surface area contributed by atoms with Crippen molar-refractivity contribution in [1.29, 1.82) is 0 Å². The molecule has 1 N–H and O–H groups in total. The van der Waals surface area contributed by atoms with Crippen LogP contribution in [0.2, 0.25) is 0 Å². The van der Waals surface area contributed by atoms with Gasteiger partial charge in [-0.2, -0.15) is 5.10 Å². The van der Waals surface area contributed by atoms with E-state index in [2.05, 4.69) is 10.4 Å². The molecule has 1 aromatic carbocycles. The topological polar surface area (TPSA) is 65.4 Å². The van der Waals surface area contributed by atoms with Crippen LogP contribution in [0, 0.1) is 6.92 Å². The van der Waals surface area contributed by atoms with Gasteiger partial charge in [-0.15, -0.1) is 0 Å². The average Bonchev–Trinajstić information content (AvgIpc) is 2.95. The number of aromatic nitrogens is 2. The van der Waals surface area contributed by atoms with Crippen molar-refractivity contribution in [1.82, 2.24) is 15.1 Å². The lowest BCUT2D eigenvalue weighted by Crippen LogP contribution is -2.47. The molecular formula is C18H23N3O3. The minimum absolute atomic E-state index is 0.134. The van der Waals surface area contributed by atoms with Crippen LogP contribution in [0.4, 0.5) is 0 Å². The largest absolute Gasteiger partial charge is 0.497 e. The summed E-state index contributed by atoms with van der Waals surface area (Å²) in [4.78, 5) is 12.4. The summed E-state index contributed by atoms with van der Waals surface area (Å²) in [6.07, 6.45) is 2.02. The monoisotopic (exact) mass is 329 g/mol. The Kier molecular flexibility index (Phi) is 4.85. The van der Waals surface area contributed by atoms with E-state index in [1.54, 1.807) is 17.9 Å². The predicted molar refractivity (Wildman–Crippen MR) is 90.8 cm³/mol. The van der Waals surface area contributed by atoms with Crippen molar-refractivity contribution in [2.75, 3.05) is 13.7 Å². The Balaban J connectivity index is 1.66. The van der Waals surface area contributed by atoms with Crippen LogP contribution in [0.1, 0.15) is 35.9 Å². The fraction of sp³-hybridized carbons (Fsp3) is 0.444. The van der Waals surface area contributed by atoms with E-state index in [4.69, 9.17) is 9.47 Å². The van der Waals surface area contributed by atoms with Gasteiger partial charge in [0.2, 0.25) is 0 Å². The summed E-state index contributed by atoms with van der Waals surface area (Å²) in [5.74, 6) is 0.653. The van der Waals surface area contributed by atoms with Gasteiger partial charge in [-0.05, 0) is 57.0 Å². The third-order valence-corrected chi connectivity index (χ3v) is 4.27. The number of ether oxygens (including phenoxy) is 2. The lowest BCUT2D eigenvalue weighted by atomic mass is 9.89. The second-order valence-corrected chi connectivity index (χ2v) is 6.00. The first kappa shape index (κ1) is 16.5. The van der Waals surface area contributed by atoms with Gasteiger partial charge in [0.15, 0.2) is 5.69 Å². The van der Waals surface area contributed by atoms with Crippen molar-refractivity contribution in [2.45, 2.75) is 38.8 Å². The Morgan fingerprint density at radius 3 is 2.67 bits per heavy atom. The molecule has 0 unspecified atom stereocenters. The Labute approximate surface area is 141 Å². The Bertz CT molecular complexity index is 703. The van der Waals surface area contributed by atoms with Crippen molar-refractivity contribution >= 4 is 5.91 Å². The van der Waals surface area contributed by atoms with Crippen LogP contribution in [0.15, 0.2) is 30.3 Å². The highest BCUT2D eigenvalue weighted by Crippen LogP contribution is 2.23. The Morgan fingerprint density at radius 2 is 2.04 bits per heavy atom. The van der Waals surface area contributed by atoms with E-state index in [-0.39, 0.29) is 18.1 Å². The van der Waals surface area contributed by atoms with Crippen molar-refractivity contribution in [3.05, 3.63) is 41.7 Å². The first-order chi connectivity index (χ1) is 11.6. The van der Waals surface area contributed by atoms with Crippen molar-refractivity contribution in [3.63, 3.8) is 0 Å². The number of carbonyl (C=O) groups is 1. The molecule has 24 heavy (non-hydrogen) atoms. The van der Waals surface area contributed by atoms with E-state index >= 15 is 0 Å². The molecule has 1 saturated carbocycles. The highest BCUT2D eigenvalue weighted by atomic mass is 16.5. The molecule has 0 aliphatic heterocycles. The minimum Gasteiger partial charge on any atom is -0.497 e. The van der Waals surface area contributed by atoms with E-state index in [0.717, 1.165) is 36.6 Å². The number of aryl methyl sites for hydroxylation is 1. The SMILES string of the molecule is CCOC1CC(NC(=O)c2cc(C)n(-c3ccc(OC)cc3)n2)C1. The molecule has 0 bridgehead atoms. The van der Waals surface area contributed by atoms with Crippen LogP contribution in [-0.4, -0.2) is 41.6 Å². The summed E-state index contributed by atoms with van der Waals surface area (Å²) < 4.78 is 12.4. The normalized spacial score (nSPS) is 19.6. The maximum Gasteiger partial charge on any atom is 0.272 e. The quantitative estimate of drug-likeness (QED) is 0.884. The predicted octanol–water partition coefficient (Wildman–Crippen LogP) is 2.49. The molecule has 1 fully saturated rings. The second kappa shape index (κ2) is 7.05. The molecule has 1 aliphatic rings. The van der Waals surface area contributed by atoms with Crippen molar-refractivity contribution < 1.29 is 14.3 Å². The average molecular weight is 329 g/mol. The molecule has 128 valence electrons. The van der Waals surface area contributed by atoms with Crippen LogP contribution in [-0.2, 0) is 4.74 Å². The molecule has 3 rings (SSSR count). The lowest BCUT2D eigenvalue weighted by Gasteiger charge is -2.35. The summed E-state index contributed by atoms with van der Waals surface area (Å²) in [6, 6.07) is 9.56. The highest BCUT2D eigenvalue weighted by Gasteiger charge is 2.31. The zero-order valence-corrected chi connectivity index (χ0v) is 14.3. The van der Waals surface area contributed by atoms with Crippen LogP contribution < -0.4 is 10.1 Å². The van der Waals surface area contributed by atoms with Gasteiger partial charge < -0.3 is 14.8 Å². The number of rotatable bonds is 6. The van der Waals surface area contributed by atoms with Gasteiger partial charge >= 0.3 is 0 Å². The van der Waals surface area contributed by atoms with Crippen LogP contribution in [0.3, 0.4) is 0 Å². The lowest BCUT2D eigenvalue weighted by molar-refractivity contribution is -0.00867. The molecule has 1 aromatic heterocycles. The standard InChI is InChI=1S/C18H23N3O3/c1-4-24-16-10-13(11-16)19-18(22)17-9-12(2)21(20-17)14-5-7-15(23-3)8-6-14/h5-9,13,16H,4,10-11H2,1-3H3,(H,19,22). The van der Waals surface area contributed by atoms with Gasteiger partial charge in [0.05, 0.1) is 18.9 Å². The van der Waals surface area contributed by atoms with Gasteiger partial charge in [-0.25, -0.2) is 4.68 Å². The molecule has 1 aliphatic carbocycles. The Hall–Kier alpha value is -2.34. The van der Waals surface area contributed by atoms with Crippen molar-refractivity contribution in [2.24, 2.45) is 0 Å². The molecule has 1 heterocycles. The third kappa shape index (κ3) is 3.43. The first-order valence-corrected chi connectivity index (χ1v) is 8.24. The van der Waals surface area contributed by atoms with E-state index in [9.17, 15) is 4.79 Å². The molecule has 0 radical (unpaired) electrons. The van der Waals surface area contributed by atoms with Gasteiger partial charge in [-0.1, -0.05) is 0 Å². The zero-order valence-electron chi connectivity index (χ0n) is 14.3. The van der Waals surface area contributed by atoms with Gasteiger partial charge in [-0.3, -0.25) is 4.79 Å². The number of nitrogens with one attached hydrogen (secondary N) is 1. The Morgan fingerprint density at radius 1 is 1.33 bits per heavy atom. The van der Waals surface area contributed by atoms with Gasteiger partial charge in [0, 0.05) is 18.3 Å². The third-order valence-electron chi connectivity index (χ3n) is 4.27. The molecule has 1 amide bonds. The number of hydrogen-bond acceptors (Lipinski definition) is 4. The molecule has 6 nitrogen and oxygen atoms in total. The molecule has 0 spiro atoms. The molecular weight excluding hydrogens is 306 g/mol. The van der Waals surface area contributed by atoms with Gasteiger partial charge in [0.1, 0.15) is 5.75 Å². The second-order valence-electron chi connectivity index (χ2n) is 6.00. The smallest absolute Gasteiger partial charge is 0.272 e. The summed E-state index contributed by atoms with van der Waals surface area (Å²) in [5, 5.41) is 7.45. The number of hydrogen-bond donors (Lipinski definition) is 1. The summed E-state index contributed by atoms with van der Waals surface area (Å²) in [5.41, 5.74) is 2.24. The summed E-state index contributed by atoms with van der Waals surface area (Å²) in [7, 11) is 1.63. The first-order valence-electron chi connectivity index (χ1n) is 8.24. The van der Waals surface area contributed by atoms with E-state index in [1.807, 2.05) is 38.1 Å². The maximum absolute atomic E-state index is 12.4. The van der Waals surface area contributed by atoms with E-state index in [0.29, 0.717) is 5.69 Å².